The number of ether oxygens (including phenoxy) is 2. The first-order valence-corrected chi connectivity index (χ1v) is 7.48. The number of nitrogens with zero attached hydrogens (tertiary/aromatic N) is 1. The van der Waals surface area contributed by atoms with Crippen LogP contribution in [0.25, 0.3) is 0 Å². The smallest absolute Gasteiger partial charge is 0.407 e. The summed E-state index contributed by atoms with van der Waals surface area (Å²) in [4.78, 5) is 13.9. The SMILES string of the molecule is BN(CCNC(=O)OCc1ccccc1)C1CCOCC1. The van der Waals surface area contributed by atoms with Crippen LogP contribution in [0.15, 0.2) is 30.3 Å². The number of nitrogens with one attached hydrogen (secondary N) is 1. The van der Waals surface area contributed by atoms with Crippen molar-refractivity contribution >= 4 is 14.1 Å². The Labute approximate surface area is 127 Å². The largest absolute Gasteiger partial charge is 0.445 e. The third-order valence-electron chi connectivity index (χ3n) is 3.76. The first kappa shape index (κ1) is 15.9. The van der Waals surface area contributed by atoms with Crippen LogP contribution in [-0.4, -0.2) is 51.2 Å². The summed E-state index contributed by atoms with van der Waals surface area (Å²) in [5, 5.41) is 2.79. The Morgan fingerprint density at radius 2 is 2.05 bits per heavy atom. The van der Waals surface area contributed by atoms with E-state index >= 15 is 0 Å². The molecule has 1 heterocycles. The van der Waals surface area contributed by atoms with Crippen molar-refractivity contribution in [1.29, 1.82) is 0 Å². The highest BCUT2D eigenvalue weighted by molar-refractivity contribution is 6.04. The van der Waals surface area contributed by atoms with Gasteiger partial charge in [-0.2, -0.15) is 0 Å². The van der Waals surface area contributed by atoms with Gasteiger partial charge >= 0.3 is 6.09 Å². The van der Waals surface area contributed by atoms with Crippen LogP contribution in [-0.2, 0) is 16.1 Å². The molecule has 1 aromatic rings. The Kier molecular flexibility index (Phi) is 6.56. The average molecular weight is 290 g/mol. The highest BCUT2D eigenvalue weighted by Crippen LogP contribution is 2.11. The molecular weight excluding hydrogens is 267 g/mol. The summed E-state index contributed by atoms with van der Waals surface area (Å²) in [6, 6.07) is 10.2. The van der Waals surface area contributed by atoms with Gasteiger partial charge in [0.15, 0.2) is 7.98 Å². The molecule has 1 aliphatic heterocycles. The minimum absolute atomic E-state index is 0.308. The Balaban J connectivity index is 1.58. The monoisotopic (exact) mass is 290 g/mol. The molecule has 0 atom stereocenters. The number of carbonyl (C=O) groups is 1. The lowest BCUT2D eigenvalue weighted by Crippen LogP contribution is -2.42. The van der Waals surface area contributed by atoms with Crippen LogP contribution >= 0.6 is 0 Å². The predicted octanol–water partition coefficient (Wildman–Crippen LogP) is 0.942. The fourth-order valence-corrected chi connectivity index (χ4v) is 2.42. The minimum Gasteiger partial charge on any atom is -0.445 e. The van der Waals surface area contributed by atoms with Gasteiger partial charge in [0.1, 0.15) is 6.61 Å². The van der Waals surface area contributed by atoms with Gasteiger partial charge in [0, 0.05) is 32.3 Å². The van der Waals surface area contributed by atoms with Gasteiger partial charge in [-0.1, -0.05) is 30.3 Å². The first-order valence-electron chi connectivity index (χ1n) is 7.48. The lowest BCUT2D eigenvalue weighted by Gasteiger charge is -2.31. The molecule has 0 aromatic heterocycles. The summed E-state index contributed by atoms with van der Waals surface area (Å²) in [6.45, 7) is 3.40. The topological polar surface area (TPSA) is 50.8 Å². The van der Waals surface area contributed by atoms with E-state index in [9.17, 15) is 4.79 Å². The number of amides is 1. The molecule has 1 amide bonds. The quantitative estimate of drug-likeness (QED) is 0.792. The second-order valence-corrected chi connectivity index (χ2v) is 5.31. The summed E-state index contributed by atoms with van der Waals surface area (Å²) < 4.78 is 10.5. The molecular formula is C15H23BN2O3. The summed E-state index contributed by atoms with van der Waals surface area (Å²) in [5.74, 6) is 0. The van der Waals surface area contributed by atoms with E-state index in [1.54, 1.807) is 0 Å². The van der Waals surface area contributed by atoms with Gasteiger partial charge in [-0.25, -0.2) is 4.79 Å². The van der Waals surface area contributed by atoms with Crippen LogP contribution in [0, 0.1) is 0 Å². The number of hydrogen-bond donors (Lipinski definition) is 1. The summed E-state index contributed by atoms with van der Waals surface area (Å²) in [5.41, 5.74) is 0.993. The van der Waals surface area contributed by atoms with Gasteiger partial charge in [-0.15, -0.1) is 0 Å². The fraction of sp³-hybridized carbons (Fsp3) is 0.533. The van der Waals surface area contributed by atoms with E-state index in [1.165, 1.54) is 0 Å². The molecule has 2 rings (SSSR count). The number of rotatable bonds is 6. The van der Waals surface area contributed by atoms with Crippen molar-refractivity contribution in [3.8, 4) is 0 Å². The molecule has 0 unspecified atom stereocenters. The van der Waals surface area contributed by atoms with Crippen molar-refractivity contribution in [1.82, 2.24) is 10.1 Å². The maximum Gasteiger partial charge on any atom is 0.407 e. The fourth-order valence-electron chi connectivity index (χ4n) is 2.42. The summed E-state index contributed by atoms with van der Waals surface area (Å²) in [7, 11) is 2.09. The van der Waals surface area contributed by atoms with Crippen molar-refractivity contribution in [2.24, 2.45) is 0 Å². The lowest BCUT2D eigenvalue weighted by molar-refractivity contribution is 0.0588. The molecule has 1 fully saturated rings. The first-order chi connectivity index (χ1) is 10.3. The maximum atomic E-state index is 11.6. The van der Waals surface area contributed by atoms with E-state index in [0.717, 1.165) is 38.2 Å². The molecule has 0 radical (unpaired) electrons. The molecule has 114 valence electrons. The Hall–Kier alpha value is -1.53. The zero-order valence-electron chi connectivity index (χ0n) is 12.6. The van der Waals surface area contributed by atoms with Crippen molar-refractivity contribution in [2.75, 3.05) is 26.3 Å². The van der Waals surface area contributed by atoms with Gasteiger partial charge in [-0.3, -0.25) is 0 Å². The van der Waals surface area contributed by atoms with Crippen molar-refractivity contribution in [3.05, 3.63) is 35.9 Å². The second-order valence-electron chi connectivity index (χ2n) is 5.31. The van der Waals surface area contributed by atoms with E-state index in [4.69, 9.17) is 9.47 Å². The van der Waals surface area contributed by atoms with Crippen LogP contribution in [0.2, 0.25) is 0 Å². The normalized spacial score (nSPS) is 15.9. The maximum absolute atomic E-state index is 11.6. The third kappa shape index (κ3) is 5.77. The van der Waals surface area contributed by atoms with Gasteiger partial charge in [-0.05, 0) is 18.4 Å². The number of benzene rings is 1. The summed E-state index contributed by atoms with van der Waals surface area (Å²) >= 11 is 0. The number of alkyl carbamates (subject to hydrolysis) is 1. The summed E-state index contributed by atoms with van der Waals surface area (Å²) in [6.07, 6.45) is 1.77. The van der Waals surface area contributed by atoms with E-state index < -0.39 is 0 Å². The Bertz CT molecular complexity index is 424. The highest BCUT2D eigenvalue weighted by Gasteiger charge is 2.17. The van der Waals surface area contributed by atoms with Gasteiger partial charge in [0.05, 0.1) is 0 Å². The van der Waals surface area contributed by atoms with Crippen LogP contribution < -0.4 is 5.32 Å². The predicted molar refractivity (Wildman–Crippen MR) is 83.7 cm³/mol. The molecule has 1 aromatic carbocycles. The van der Waals surface area contributed by atoms with Gasteiger partial charge in [0.25, 0.3) is 0 Å². The molecule has 0 aliphatic carbocycles. The molecule has 1 saturated heterocycles. The molecule has 0 spiro atoms. The van der Waals surface area contributed by atoms with Crippen molar-refractivity contribution < 1.29 is 14.3 Å². The molecule has 6 heteroatoms. The second kappa shape index (κ2) is 8.69. The van der Waals surface area contributed by atoms with Crippen LogP contribution in [0.1, 0.15) is 18.4 Å². The van der Waals surface area contributed by atoms with Crippen molar-refractivity contribution in [3.63, 3.8) is 0 Å². The lowest BCUT2D eigenvalue weighted by atomic mass is 10.0. The Morgan fingerprint density at radius 3 is 2.76 bits per heavy atom. The average Bonchev–Trinajstić information content (AvgIpc) is 2.54. The van der Waals surface area contributed by atoms with Gasteiger partial charge < -0.3 is 19.6 Å². The zero-order chi connectivity index (χ0) is 14.9. The molecule has 5 nitrogen and oxygen atoms in total. The van der Waals surface area contributed by atoms with Gasteiger partial charge in [0.2, 0.25) is 0 Å². The highest BCUT2D eigenvalue weighted by atomic mass is 16.5. The van der Waals surface area contributed by atoms with E-state index in [0.29, 0.717) is 19.2 Å². The molecule has 21 heavy (non-hydrogen) atoms. The molecule has 0 saturated carbocycles. The molecule has 1 aliphatic rings. The Morgan fingerprint density at radius 1 is 1.33 bits per heavy atom. The number of carbonyl (C=O) groups excluding carboxylic acids is 1. The standard InChI is InChI=1S/C15H23BN2O3/c16-18(14-6-10-20-11-7-14)9-8-17-15(19)21-12-13-4-2-1-3-5-13/h1-5,14H,6-12,16H2,(H,17,19). The van der Waals surface area contributed by atoms with E-state index in [1.807, 2.05) is 30.3 Å². The molecule has 0 bridgehead atoms. The van der Waals surface area contributed by atoms with E-state index in [2.05, 4.69) is 18.1 Å². The number of hydrogen-bond acceptors (Lipinski definition) is 4. The zero-order valence-corrected chi connectivity index (χ0v) is 12.6. The van der Waals surface area contributed by atoms with Crippen LogP contribution in [0.3, 0.4) is 0 Å². The van der Waals surface area contributed by atoms with E-state index in [-0.39, 0.29) is 6.09 Å². The van der Waals surface area contributed by atoms with Crippen molar-refractivity contribution in [2.45, 2.75) is 25.5 Å². The van der Waals surface area contributed by atoms with Crippen LogP contribution in [0.4, 0.5) is 4.79 Å². The molecule has 1 N–H and O–H groups in total. The third-order valence-corrected chi connectivity index (χ3v) is 3.76. The minimum atomic E-state index is -0.362. The van der Waals surface area contributed by atoms with Crippen LogP contribution in [0.5, 0.6) is 0 Å².